The van der Waals surface area contributed by atoms with E-state index in [1.807, 2.05) is 17.7 Å². The fourth-order valence-corrected chi connectivity index (χ4v) is 1.43. The van der Waals surface area contributed by atoms with Crippen molar-refractivity contribution in [2.24, 2.45) is 0 Å². The lowest BCUT2D eigenvalue weighted by atomic mass is 10.1. The lowest BCUT2D eigenvalue weighted by Crippen LogP contribution is -2.34. The number of fused-ring (bicyclic) bond motifs is 1. The minimum atomic E-state index is -0.637. The molecule has 0 spiro atoms. The van der Waals surface area contributed by atoms with Crippen molar-refractivity contribution in [1.29, 1.82) is 0 Å². The molecule has 0 saturated heterocycles. The van der Waals surface area contributed by atoms with Gasteiger partial charge in [0.15, 0.2) is 11.4 Å². The molecule has 1 aliphatic rings. The maximum absolute atomic E-state index is 5.48. The van der Waals surface area contributed by atoms with E-state index in [-0.39, 0.29) is 0 Å². The molecule has 1 aromatic heterocycles. The second-order valence-corrected chi connectivity index (χ2v) is 2.97. The minimum absolute atomic E-state index is 0.637. The monoisotopic (exact) mass is 162 g/mol. The van der Waals surface area contributed by atoms with Crippen LogP contribution in [0.1, 0.15) is 12.7 Å². The van der Waals surface area contributed by atoms with Crippen LogP contribution >= 0.6 is 0 Å². The van der Waals surface area contributed by atoms with Gasteiger partial charge in [-0.25, -0.2) is 4.98 Å². The van der Waals surface area contributed by atoms with E-state index >= 15 is 0 Å². The first-order valence-corrected chi connectivity index (χ1v) is 3.89. The summed E-state index contributed by atoms with van der Waals surface area (Å²) < 4.78 is 7.51. The Hall–Kier alpha value is -1.27. The first kappa shape index (κ1) is 7.38. The van der Waals surface area contributed by atoms with Crippen LogP contribution in [0.25, 0.3) is 0 Å². The van der Waals surface area contributed by atoms with E-state index in [1.165, 1.54) is 0 Å². The summed E-state index contributed by atoms with van der Waals surface area (Å²) in [5.41, 5.74) is -0.637. The summed E-state index contributed by atoms with van der Waals surface area (Å²) in [5, 5.41) is 0. The summed E-state index contributed by atoms with van der Waals surface area (Å²) >= 11 is 0. The average molecular weight is 162 g/mol. The topological polar surface area (TPSA) is 27.1 Å². The van der Waals surface area contributed by atoms with Gasteiger partial charge >= 0.3 is 0 Å². The molecule has 0 amide bonds. The molecule has 0 aromatic carbocycles. The average Bonchev–Trinajstić information content (AvgIpc) is 2.54. The number of imidazole rings is 1. The number of aromatic nitrogens is 2. The van der Waals surface area contributed by atoms with Gasteiger partial charge in [0.1, 0.15) is 0 Å². The highest BCUT2D eigenvalue weighted by molar-refractivity contribution is 5.19. The van der Waals surface area contributed by atoms with Crippen LogP contribution in [0.5, 0.6) is 0 Å². The smallest absolute Gasteiger partial charge is 0.183 e. The third-order valence-corrected chi connectivity index (χ3v) is 2.14. The first-order valence-electron chi connectivity index (χ1n) is 3.89. The largest absolute Gasteiger partial charge is 0.353 e. The van der Waals surface area contributed by atoms with Crippen LogP contribution in [0, 0.1) is 12.3 Å². The highest BCUT2D eigenvalue weighted by atomic mass is 16.5. The molecule has 0 fully saturated rings. The van der Waals surface area contributed by atoms with E-state index in [1.54, 1.807) is 6.20 Å². The molecule has 1 atom stereocenters. The Labute approximate surface area is 71.4 Å². The van der Waals surface area contributed by atoms with Gasteiger partial charge in [-0.05, 0) is 6.92 Å². The Morgan fingerprint density at radius 3 is 3.42 bits per heavy atom. The summed E-state index contributed by atoms with van der Waals surface area (Å²) in [6.07, 6.45) is 9.06. The zero-order chi connectivity index (χ0) is 8.60. The molecule has 0 saturated carbocycles. The van der Waals surface area contributed by atoms with Gasteiger partial charge in [0.25, 0.3) is 0 Å². The molecule has 62 valence electrons. The second-order valence-electron chi connectivity index (χ2n) is 2.97. The summed E-state index contributed by atoms with van der Waals surface area (Å²) in [7, 11) is 0. The van der Waals surface area contributed by atoms with Gasteiger partial charge in [-0.2, -0.15) is 0 Å². The maximum Gasteiger partial charge on any atom is 0.183 e. The molecule has 1 aromatic rings. The highest BCUT2D eigenvalue weighted by Crippen LogP contribution is 2.26. The van der Waals surface area contributed by atoms with Crippen molar-refractivity contribution in [2.45, 2.75) is 19.1 Å². The van der Waals surface area contributed by atoms with E-state index < -0.39 is 5.60 Å². The molecule has 3 heteroatoms. The van der Waals surface area contributed by atoms with E-state index in [2.05, 4.69) is 10.9 Å². The molecule has 0 bridgehead atoms. The van der Waals surface area contributed by atoms with Gasteiger partial charge in [0, 0.05) is 18.9 Å². The van der Waals surface area contributed by atoms with Crippen LogP contribution in [0.3, 0.4) is 0 Å². The van der Waals surface area contributed by atoms with Crippen molar-refractivity contribution >= 4 is 0 Å². The predicted molar refractivity (Wildman–Crippen MR) is 44.4 cm³/mol. The number of ether oxygens (including phenoxy) is 1. The lowest BCUT2D eigenvalue weighted by molar-refractivity contribution is -0.0242. The number of terminal acetylenes is 1. The van der Waals surface area contributed by atoms with Gasteiger partial charge in [0.2, 0.25) is 0 Å². The van der Waals surface area contributed by atoms with Gasteiger partial charge in [0.05, 0.1) is 6.61 Å². The number of hydrogen-bond donors (Lipinski definition) is 0. The molecule has 1 aliphatic heterocycles. The van der Waals surface area contributed by atoms with E-state index in [9.17, 15) is 0 Å². The van der Waals surface area contributed by atoms with Crippen molar-refractivity contribution in [2.75, 3.05) is 6.61 Å². The molecule has 0 radical (unpaired) electrons. The SMILES string of the molecule is C#CC1(C)OCCn2ccnc21. The molecule has 12 heavy (non-hydrogen) atoms. The minimum Gasteiger partial charge on any atom is -0.353 e. The highest BCUT2D eigenvalue weighted by Gasteiger charge is 2.32. The van der Waals surface area contributed by atoms with Crippen LogP contribution in [0.15, 0.2) is 12.4 Å². The van der Waals surface area contributed by atoms with Gasteiger partial charge in [-0.1, -0.05) is 5.92 Å². The van der Waals surface area contributed by atoms with Crippen LogP contribution < -0.4 is 0 Å². The predicted octanol–water partition coefficient (Wildman–Crippen LogP) is 0.762. The number of nitrogens with zero attached hydrogens (tertiary/aromatic N) is 2. The van der Waals surface area contributed by atoms with Crippen LogP contribution in [-0.4, -0.2) is 16.2 Å². The third kappa shape index (κ3) is 0.853. The molecule has 2 rings (SSSR count). The molecular weight excluding hydrogens is 152 g/mol. The molecule has 0 aliphatic carbocycles. The summed E-state index contributed by atoms with van der Waals surface area (Å²) in [6, 6.07) is 0. The van der Waals surface area contributed by atoms with Crippen LogP contribution in [-0.2, 0) is 16.9 Å². The molecule has 1 unspecified atom stereocenters. The summed E-state index contributed by atoms with van der Waals surface area (Å²) in [4.78, 5) is 4.18. The Bertz CT molecular complexity index is 337. The Balaban J connectivity index is 2.53. The zero-order valence-electron chi connectivity index (χ0n) is 6.95. The molecule has 3 nitrogen and oxygen atoms in total. The molecule has 0 N–H and O–H groups in total. The van der Waals surface area contributed by atoms with E-state index in [4.69, 9.17) is 11.2 Å². The van der Waals surface area contributed by atoms with E-state index in [0.717, 1.165) is 12.4 Å². The Kier molecular flexibility index (Phi) is 1.45. The van der Waals surface area contributed by atoms with E-state index in [0.29, 0.717) is 6.61 Å². The van der Waals surface area contributed by atoms with Crippen molar-refractivity contribution in [3.63, 3.8) is 0 Å². The van der Waals surface area contributed by atoms with Crippen molar-refractivity contribution < 1.29 is 4.74 Å². The molecule has 2 heterocycles. The third-order valence-electron chi connectivity index (χ3n) is 2.14. The number of hydrogen-bond acceptors (Lipinski definition) is 2. The number of rotatable bonds is 0. The first-order chi connectivity index (χ1) is 5.76. The van der Waals surface area contributed by atoms with Crippen molar-refractivity contribution in [1.82, 2.24) is 9.55 Å². The zero-order valence-corrected chi connectivity index (χ0v) is 6.95. The summed E-state index contributed by atoms with van der Waals surface area (Å²) in [6.45, 7) is 3.36. The van der Waals surface area contributed by atoms with Gasteiger partial charge < -0.3 is 9.30 Å². The van der Waals surface area contributed by atoms with Crippen molar-refractivity contribution in [3.05, 3.63) is 18.2 Å². The maximum atomic E-state index is 5.48. The quantitative estimate of drug-likeness (QED) is 0.527. The van der Waals surface area contributed by atoms with Crippen molar-refractivity contribution in [3.8, 4) is 12.3 Å². The standard InChI is InChI=1S/C9H10N2O/c1-3-9(2)8-10-4-5-11(8)6-7-12-9/h1,4-5H,6-7H2,2H3. The second kappa shape index (κ2) is 2.36. The van der Waals surface area contributed by atoms with Gasteiger partial charge in [-0.3, -0.25) is 0 Å². The Morgan fingerprint density at radius 1 is 1.83 bits per heavy atom. The normalized spacial score (nSPS) is 27.7. The van der Waals surface area contributed by atoms with Crippen LogP contribution in [0.4, 0.5) is 0 Å². The lowest BCUT2D eigenvalue weighted by Gasteiger charge is -2.29. The fraction of sp³-hybridized carbons (Fsp3) is 0.444. The molecular formula is C9H10N2O. The van der Waals surface area contributed by atoms with Gasteiger partial charge in [-0.15, -0.1) is 6.42 Å². The fourth-order valence-electron chi connectivity index (χ4n) is 1.43. The Morgan fingerprint density at radius 2 is 2.67 bits per heavy atom. The van der Waals surface area contributed by atoms with Crippen LogP contribution in [0.2, 0.25) is 0 Å². The summed E-state index contributed by atoms with van der Waals surface area (Å²) in [5.74, 6) is 3.45.